The van der Waals surface area contributed by atoms with Crippen LogP contribution in [0.25, 0.3) is 0 Å². The number of pyridine rings is 1. The zero-order valence-electron chi connectivity index (χ0n) is 8.48. The van der Waals surface area contributed by atoms with Crippen LogP contribution in [-0.4, -0.2) is 30.1 Å². The van der Waals surface area contributed by atoms with Crippen molar-refractivity contribution in [2.75, 3.05) is 13.2 Å². The third-order valence-corrected chi connectivity index (χ3v) is 2.44. The highest BCUT2D eigenvalue weighted by atomic mass is 16.5. The lowest BCUT2D eigenvalue weighted by Gasteiger charge is -2.10. The first-order valence-electron chi connectivity index (χ1n) is 5.16. The Bertz CT molecular complexity index is 321. The maximum Gasteiger partial charge on any atom is 0.252 e. The van der Waals surface area contributed by atoms with Gasteiger partial charge in [-0.1, -0.05) is 0 Å². The van der Waals surface area contributed by atoms with Crippen LogP contribution >= 0.6 is 0 Å². The minimum Gasteiger partial charge on any atom is -0.376 e. The number of aromatic nitrogens is 1. The molecule has 1 aliphatic rings. The number of amides is 1. The molecular formula is C11H14N2O2. The lowest BCUT2D eigenvalue weighted by Crippen LogP contribution is -2.31. The molecule has 4 heteroatoms. The van der Waals surface area contributed by atoms with E-state index in [9.17, 15) is 4.79 Å². The summed E-state index contributed by atoms with van der Waals surface area (Å²) in [5.41, 5.74) is 0.593. The normalized spacial score (nSPS) is 20.1. The highest BCUT2D eigenvalue weighted by Crippen LogP contribution is 2.10. The average Bonchev–Trinajstić information content (AvgIpc) is 2.80. The zero-order chi connectivity index (χ0) is 10.5. The SMILES string of the molecule is O=C(NC[C@@H]1CCCO1)c1cccnc1. The van der Waals surface area contributed by atoms with E-state index in [0.29, 0.717) is 12.1 Å². The van der Waals surface area contributed by atoms with Crippen LogP contribution < -0.4 is 5.32 Å². The molecule has 1 N–H and O–H groups in total. The van der Waals surface area contributed by atoms with E-state index in [1.807, 2.05) is 0 Å². The quantitative estimate of drug-likeness (QED) is 0.802. The van der Waals surface area contributed by atoms with Crippen molar-refractivity contribution in [1.82, 2.24) is 10.3 Å². The molecule has 1 amide bonds. The fraction of sp³-hybridized carbons (Fsp3) is 0.455. The van der Waals surface area contributed by atoms with Crippen molar-refractivity contribution in [2.45, 2.75) is 18.9 Å². The Balaban J connectivity index is 1.82. The second kappa shape index (κ2) is 4.89. The van der Waals surface area contributed by atoms with Crippen molar-refractivity contribution >= 4 is 5.91 Å². The van der Waals surface area contributed by atoms with Crippen molar-refractivity contribution < 1.29 is 9.53 Å². The van der Waals surface area contributed by atoms with E-state index >= 15 is 0 Å². The highest BCUT2D eigenvalue weighted by molar-refractivity contribution is 5.93. The van der Waals surface area contributed by atoms with E-state index in [2.05, 4.69) is 10.3 Å². The van der Waals surface area contributed by atoms with Gasteiger partial charge in [-0.05, 0) is 25.0 Å². The predicted octanol–water partition coefficient (Wildman–Crippen LogP) is 0.990. The first-order valence-corrected chi connectivity index (χ1v) is 5.16. The molecule has 1 atom stereocenters. The summed E-state index contributed by atoms with van der Waals surface area (Å²) in [6.07, 6.45) is 5.52. The first-order chi connectivity index (χ1) is 7.36. The van der Waals surface area contributed by atoms with Crippen molar-refractivity contribution in [1.29, 1.82) is 0 Å². The largest absolute Gasteiger partial charge is 0.376 e. The molecule has 0 saturated carbocycles. The van der Waals surface area contributed by atoms with Gasteiger partial charge in [-0.2, -0.15) is 0 Å². The molecule has 80 valence electrons. The van der Waals surface area contributed by atoms with E-state index in [1.165, 1.54) is 0 Å². The van der Waals surface area contributed by atoms with Gasteiger partial charge in [-0.15, -0.1) is 0 Å². The lowest BCUT2D eigenvalue weighted by molar-refractivity contribution is 0.0857. The summed E-state index contributed by atoms with van der Waals surface area (Å²) in [4.78, 5) is 15.5. The Labute approximate surface area is 88.7 Å². The van der Waals surface area contributed by atoms with Crippen molar-refractivity contribution in [3.05, 3.63) is 30.1 Å². The van der Waals surface area contributed by atoms with Crippen LogP contribution in [0, 0.1) is 0 Å². The Morgan fingerprint density at radius 3 is 3.27 bits per heavy atom. The molecular weight excluding hydrogens is 192 g/mol. The smallest absolute Gasteiger partial charge is 0.252 e. The third-order valence-electron chi connectivity index (χ3n) is 2.44. The summed E-state index contributed by atoms with van der Waals surface area (Å²) >= 11 is 0. The number of ether oxygens (including phenoxy) is 1. The van der Waals surface area contributed by atoms with Crippen molar-refractivity contribution in [3.63, 3.8) is 0 Å². The molecule has 2 heterocycles. The maximum atomic E-state index is 11.6. The molecule has 0 unspecified atom stereocenters. The van der Waals surface area contributed by atoms with E-state index in [0.717, 1.165) is 19.4 Å². The van der Waals surface area contributed by atoms with Crippen LogP contribution in [0.3, 0.4) is 0 Å². The fourth-order valence-corrected chi connectivity index (χ4v) is 1.61. The van der Waals surface area contributed by atoms with Gasteiger partial charge in [0.25, 0.3) is 5.91 Å². The maximum absolute atomic E-state index is 11.6. The molecule has 1 saturated heterocycles. The Hall–Kier alpha value is -1.42. The van der Waals surface area contributed by atoms with Crippen LogP contribution in [0.1, 0.15) is 23.2 Å². The van der Waals surface area contributed by atoms with Crippen LogP contribution in [0.4, 0.5) is 0 Å². The van der Waals surface area contributed by atoms with Crippen LogP contribution in [0.5, 0.6) is 0 Å². The Kier molecular flexibility index (Phi) is 3.29. The number of nitrogens with one attached hydrogen (secondary N) is 1. The fourth-order valence-electron chi connectivity index (χ4n) is 1.61. The number of carbonyl (C=O) groups is 1. The molecule has 1 aromatic rings. The average molecular weight is 206 g/mol. The number of carbonyl (C=O) groups excluding carboxylic acids is 1. The van der Waals surface area contributed by atoms with E-state index < -0.39 is 0 Å². The van der Waals surface area contributed by atoms with Gasteiger partial charge in [-0.3, -0.25) is 9.78 Å². The molecule has 1 aliphatic heterocycles. The highest BCUT2D eigenvalue weighted by Gasteiger charge is 2.16. The summed E-state index contributed by atoms with van der Waals surface area (Å²) in [7, 11) is 0. The second-order valence-corrected chi connectivity index (χ2v) is 3.59. The Morgan fingerprint density at radius 2 is 2.60 bits per heavy atom. The molecule has 0 aromatic carbocycles. The van der Waals surface area contributed by atoms with Crippen molar-refractivity contribution in [2.24, 2.45) is 0 Å². The molecule has 15 heavy (non-hydrogen) atoms. The zero-order valence-corrected chi connectivity index (χ0v) is 8.48. The molecule has 2 rings (SSSR count). The van der Waals surface area contributed by atoms with Gasteiger partial charge in [0.2, 0.25) is 0 Å². The van der Waals surface area contributed by atoms with Gasteiger partial charge in [0, 0.05) is 25.5 Å². The number of nitrogens with zero attached hydrogens (tertiary/aromatic N) is 1. The van der Waals surface area contributed by atoms with Gasteiger partial charge in [0.05, 0.1) is 11.7 Å². The first kappa shape index (κ1) is 10.1. The number of hydrogen-bond donors (Lipinski definition) is 1. The molecule has 0 spiro atoms. The monoisotopic (exact) mass is 206 g/mol. The molecule has 0 radical (unpaired) electrons. The standard InChI is InChI=1S/C11H14N2O2/c14-11(9-3-1-5-12-7-9)13-8-10-4-2-6-15-10/h1,3,5,7,10H,2,4,6,8H2,(H,13,14)/t10-/m0/s1. The van der Waals surface area contributed by atoms with Crippen LogP contribution in [0.2, 0.25) is 0 Å². The number of hydrogen-bond acceptors (Lipinski definition) is 3. The van der Waals surface area contributed by atoms with Gasteiger partial charge >= 0.3 is 0 Å². The second-order valence-electron chi connectivity index (χ2n) is 3.59. The van der Waals surface area contributed by atoms with Crippen LogP contribution in [-0.2, 0) is 4.74 Å². The molecule has 1 fully saturated rings. The van der Waals surface area contributed by atoms with E-state index in [1.54, 1.807) is 24.5 Å². The molecule has 0 aliphatic carbocycles. The summed E-state index contributed by atoms with van der Waals surface area (Å²) in [6.45, 7) is 1.40. The number of rotatable bonds is 3. The topological polar surface area (TPSA) is 51.2 Å². The lowest BCUT2D eigenvalue weighted by atomic mass is 10.2. The molecule has 1 aromatic heterocycles. The van der Waals surface area contributed by atoms with Gasteiger partial charge in [0.15, 0.2) is 0 Å². The minimum absolute atomic E-state index is 0.0846. The van der Waals surface area contributed by atoms with Gasteiger partial charge in [0.1, 0.15) is 0 Å². The third kappa shape index (κ3) is 2.76. The predicted molar refractivity (Wildman–Crippen MR) is 55.5 cm³/mol. The minimum atomic E-state index is -0.0846. The van der Waals surface area contributed by atoms with E-state index in [4.69, 9.17) is 4.74 Å². The summed E-state index contributed by atoms with van der Waals surface area (Å²) in [5.74, 6) is -0.0846. The summed E-state index contributed by atoms with van der Waals surface area (Å²) < 4.78 is 5.41. The summed E-state index contributed by atoms with van der Waals surface area (Å²) in [5, 5.41) is 2.84. The summed E-state index contributed by atoms with van der Waals surface area (Å²) in [6, 6.07) is 3.50. The van der Waals surface area contributed by atoms with Gasteiger partial charge in [-0.25, -0.2) is 0 Å². The Morgan fingerprint density at radius 1 is 1.67 bits per heavy atom. The molecule has 0 bridgehead atoms. The van der Waals surface area contributed by atoms with Crippen LogP contribution in [0.15, 0.2) is 24.5 Å². The molecule has 4 nitrogen and oxygen atoms in total. The van der Waals surface area contributed by atoms with Crippen molar-refractivity contribution in [3.8, 4) is 0 Å². The van der Waals surface area contributed by atoms with Gasteiger partial charge < -0.3 is 10.1 Å². The van der Waals surface area contributed by atoms with E-state index in [-0.39, 0.29) is 12.0 Å².